The Kier molecular flexibility index (Phi) is 4.84. The number of aryl methyl sites for hydroxylation is 2. The van der Waals surface area contributed by atoms with Crippen molar-refractivity contribution >= 4 is 28.7 Å². The molecule has 0 spiro atoms. The third-order valence-corrected chi connectivity index (χ3v) is 5.48. The molecule has 0 saturated carbocycles. The second-order valence-electron chi connectivity index (χ2n) is 7.16. The van der Waals surface area contributed by atoms with Gasteiger partial charge >= 0.3 is 0 Å². The number of rotatable bonds is 3. The molecule has 0 amide bonds. The van der Waals surface area contributed by atoms with Crippen molar-refractivity contribution in [3.63, 3.8) is 0 Å². The molecule has 4 heteroatoms. The Labute approximate surface area is 159 Å². The Bertz CT molecular complexity index is 959. The van der Waals surface area contributed by atoms with Crippen LogP contribution in [0.15, 0.2) is 42.0 Å². The van der Waals surface area contributed by atoms with Crippen LogP contribution < -0.4 is 5.32 Å². The van der Waals surface area contributed by atoms with Gasteiger partial charge in [-0.1, -0.05) is 29.3 Å². The van der Waals surface area contributed by atoms with E-state index in [1.165, 1.54) is 27.8 Å². The van der Waals surface area contributed by atoms with Crippen LogP contribution in [0.2, 0.25) is 5.02 Å². The van der Waals surface area contributed by atoms with Crippen molar-refractivity contribution in [3.8, 4) is 0 Å². The Balaban J connectivity index is 1.82. The van der Waals surface area contributed by atoms with Gasteiger partial charge < -0.3 is 9.88 Å². The molecule has 1 aromatic heterocycles. The normalized spacial score (nSPS) is 14.8. The average molecular weight is 366 g/mol. The molecule has 0 unspecified atom stereocenters. The molecule has 3 nitrogen and oxygen atoms in total. The molecule has 3 aromatic rings. The highest BCUT2D eigenvalue weighted by molar-refractivity contribution is 6.30. The summed E-state index contributed by atoms with van der Waals surface area (Å²) in [5.41, 5.74) is 7.57. The number of fused-ring (bicyclic) bond motifs is 1. The Morgan fingerprint density at radius 1 is 1.08 bits per heavy atom. The van der Waals surface area contributed by atoms with Crippen molar-refractivity contribution in [1.29, 1.82) is 0 Å². The minimum atomic E-state index is 0.771. The molecular formula is C22H24ClN3. The van der Waals surface area contributed by atoms with Gasteiger partial charge in [-0.05, 0) is 86.8 Å². The fourth-order valence-corrected chi connectivity index (χ4v) is 3.65. The highest BCUT2D eigenvalue weighted by atomic mass is 35.5. The Morgan fingerprint density at radius 3 is 2.50 bits per heavy atom. The fraction of sp³-hybridized carbons (Fsp3) is 0.318. The van der Waals surface area contributed by atoms with Gasteiger partial charge in [0.2, 0.25) is 0 Å². The van der Waals surface area contributed by atoms with Gasteiger partial charge in [-0.25, -0.2) is 4.98 Å². The minimum Gasteiger partial charge on any atom is -0.320 e. The number of halogens is 1. The van der Waals surface area contributed by atoms with Crippen molar-refractivity contribution < 1.29 is 0 Å². The number of hydrogen-bond donors (Lipinski definition) is 1. The maximum Gasteiger partial charge on any atom is 0.134 e. The van der Waals surface area contributed by atoms with E-state index in [0.29, 0.717) is 0 Å². The van der Waals surface area contributed by atoms with Gasteiger partial charge in [0.15, 0.2) is 0 Å². The minimum absolute atomic E-state index is 0.771. The lowest BCUT2D eigenvalue weighted by Gasteiger charge is -2.15. The SMILES string of the molecule is Cc1cc2nc(C=C3CCNCC3)n(Cc3ccc(Cl)cc3)c2cc1C. The monoisotopic (exact) mass is 365 g/mol. The molecule has 0 aliphatic carbocycles. The number of imidazole rings is 1. The first-order valence-electron chi connectivity index (χ1n) is 9.22. The summed E-state index contributed by atoms with van der Waals surface area (Å²) in [5, 5.41) is 4.19. The van der Waals surface area contributed by atoms with E-state index in [0.717, 1.165) is 48.8 Å². The molecule has 4 rings (SSSR count). The zero-order valence-corrected chi connectivity index (χ0v) is 16.1. The number of benzene rings is 2. The van der Waals surface area contributed by atoms with Crippen LogP contribution in [0.1, 0.15) is 35.4 Å². The van der Waals surface area contributed by atoms with Gasteiger partial charge in [-0.2, -0.15) is 0 Å². The van der Waals surface area contributed by atoms with Crippen LogP contribution >= 0.6 is 11.6 Å². The van der Waals surface area contributed by atoms with E-state index >= 15 is 0 Å². The van der Waals surface area contributed by atoms with Gasteiger partial charge in [-0.3, -0.25) is 0 Å². The van der Waals surface area contributed by atoms with Crippen molar-refractivity contribution in [2.75, 3.05) is 13.1 Å². The lowest BCUT2D eigenvalue weighted by atomic mass is 10.1. The molecule has 1 fully saturated rings. The first-order chi connectivity index (χ1) is 12.6. The molecule has 1 N–H and O–H groups in total. The van der Waals surface area contributed by atoms with Crippen LogP contribution in [0.5, 0.6) is 0 Å². The van der Waals surface area contributed by atoms with E-state index in [2.05, 4.69) is 54.1 Å². The number of aromatic nitrogens is 2. The fourth-order valence-electron chi connectivity index (χ4n) is 3.52. The maximum atomic E-state index is 6.05. The predicted octanol–water partition coefficient (Wildman–Crippen LogP) is 5.12. The van der Waals surface area contributed by atoms with E-state index < -0.39 is 0 Å². The van der Waals surface area contributed by atoms with Gasteiger partial charge in [-0.15, -0.1) is 0 Å². The predicted molar refractivity (Wildman–Crippen MR) is 110 cm³/mol. The van der Waals surface area contributed by atoms with E-state index in [1.807, 2.05) is 12.1 Å². The van der Waals surface area contributed by atoms with E-state index in [1.54, 1.807) is 0 Å². The number of nitrogens with zero attached hydrogens (tertiary/aromatic N) is 2. The lowest BCUT2D eigenvalue weighted by Crippen LogP contribution is -2.23. The van der Waals surface area contributed by atoms with Crippen molar-refractivity contribution in [2.45, 2.75) is 33.2 Å². The van der Waals surface area contributed by atoms with Crippen LogP contribution in [0, 0.1) is 13.8 Å². The number of nitrogens with one attached hydrogen (secondary N) is 1. The molecule has 1 aliphatic heterocycles. The summed E-state index contributed by atoms with van der Waals surface area (Å²) in [5.74, 6) is 1.05. The zero-order valence-electron chi connectivity index (χ0n) is 15.3. The molecule has 1 saturated heterocycles. The van der Waals surface area contributed by atoms with E-state index in [9.17, 15) is 0 Å². The van der Waals surface area contributed by atoms with Crippen molar-refractivity contribution in [3.05, 3.63) is 69.5 Å². The van der Waals surface area contributed by atoms with Crippen LogP contribution in [0.25, 0.3) is 17.1 Å². The third kappa shape index (κ3) is 3.55. The molecule has 26 heavy (non-hydrogen) atoms. The van der Waals surface area contributed by atoms with Crippen LogP contribution in [0.4, 0.5) is 0 Å². The second-order valence-corrected chi connectivity index (χ2v) is 7.60. The molecule has 0 radical (unpaired) electrons. The molecule has 2 heterocycles. The van der Waals surface area contributed by atoms with Crippen LogP contribution in [0.3, 0.4) is 0 Å². The standard InChI is InChI=1S/C22H24ClN3/c1-15-11-20-21(12-16(15)2)26(14-18-3-5-19(23)6-4-18)22(25-20)13-17-7-9-24-10-8-17/h3-6,11-13,24H,7-10,14H2,1-2H3. The number of piperidine rings is 1. The maximum absolute atomic E-state index is 6.05. The average Bonchev–Trinajstić information content (AvgIpc) is 2.95. The van der Waals surface area contributed by atoms with Crippen LogP contribution in [-0.4, -0.2) is 22.6 Å². The van der Waals surface area contributed by atoms with Crippen molar-refractivity contribution in [2.24, 2.45) is 0 Å². The first-order valence-corrected chi connectivity index (χ1v) is 9.60. The molecule has 1 aliphatic rings. The van der Waals surface area contributed by atoms with Gasteiger partial charge in [0.05, 0.1) is 11.0 Å². The van der Waals surface area contributed by atoms with E-state index in [4.69, 9.17) is 16.6 Å². The summed E-state index contributed by atoms with van der Waals surface area (Å²) < 4.78 is 2.33. The lowest BCUT2D eigenvalue weighted by molar-refractivity contribution is 0.612. The third-order valence-electron chi connectivity index (χ3n) is 5.23. The smallest absolute Gasteiger partial charge is 0.134 e. The van der Waals surface area contributed by atoms with E-state index in [-0.39, 0.29) is 0 Å². The molecule has 2 aromatic carbocycles. The Morgan fingerprint density at radius 2 is 1.77 bits per heavy atom. The highest BCUT2D eigenvalue weighted by Crippen LogP contribution is 2.25. The largest absolute Gasteiger partial charge is 0.320 e. The van der Waals surface area contributed by atoms with Gasteiger partial charge in [0.1, 0.15) is 5.82 Å². The molecule has 134 valence electrons. The summed E-state index contributed by atoms with van der Waals surface area (Å²) >= 11 is 6.05. The van der Waals surface area contributed by atoms with Gasteiger partial charge in [0, 0.05) is 11.6 Å². The Hall–Kier alpha value is -2.10. The highest BCUT2D eigenvalue weighted by Gasteiger charge is 2.13. The summed E-state index contributed by atoms with van der Waals surface area (Å²) in [6.45, 7) is 7.23. The second kappa shape index (κ2) is 7.26. The van der Waals surface area contributed by atoms with Gasteiger partial charge in [0.25, 0.3) is 0 Å². The summed E-state index contributed by atoms with van der Waals surface area (Å²) in [4.78, 5) is 4.96. The summed E-state index contributed by atoms with van der Waals surface area (Å²) in [6, 6.07) is 12.6. The van der Waals surface area contributed by atoms with Crippen molar-refractivity contribution in [1.82, 2.24) is 14.9 Å². The topological polar surface area (TPSA) is 29.9 Å². The molecular weight excluding hydrogens is 342 g/mol. The van der Waals surface area contributed by atoms with Crippen LogP contribution in [-0.2, 0) is 6.54 Å². The first kappa shape index (κ1) is 17.3. The molecule has 0 bridgehead atoms. The number of hydrogen-bond acceptors (Lipinski definition) is 2. The summed E-state index contributed by atoms with van der Waals surface area (Å²) in [6.07, 6.45) is 4.49. The quantitative estimate of drug-likeness (QED) is 0.698. The zero-order chi connectivity index (χ0) is 18.1. The molecule has 0 atom stereocenters. The summed E-state index contributed by atoms with van der Waals surface area (Å²) in [7, 11) is 0.